The van der Waals surface area contributed by atoms with E-state index in [0.717, 1.165) is 19.3 Å². The van der Waals surface area contributed by atoms with Gasteiger partial charge in [0.25, 0.3) is 0 Å². The minimum Gasteiger partial charge on any atom is -0.469 e. The molecule has 1 fully saturated rings. The van der Waals surface area contributed by atoms with E-state index >= 15 is 0 Å². The summed E-state index contributed by atoms with van der Waals surface area (Å²) in [5, 5.41) is 0. The van der Waals surface area contributed by atoms with Crippen LogP contribution >= 0.6 is 0 Å². The Balaban J connectivity index is 2.69. The molecule has 18 heavy (non-hydrogen) atoms. The molecule has 0 saturated carbocycles. The van der Waals surface area contributed by atoms with Gasteiger partial charge in [0.05, 0.1) is 19.6 Å². The Labute approximate surface area is 109 Å². The molecule has 1 saturated heterocycles. The van der Waals surface area contributed by atoms with E-state index in [-0.39, 0.29) is 30.3 Å². The molecule has 5 heteroatoms. The molecule has 1 aliphatic heterocycles. The van der Waals surface area contributed by atoms with Gasteiger partial charge in [0.1, 0.15) is 0 Å². The number of carbonyl (C=O) groups excluding carboxylic acids is 2. The molecule has 1 heterocycles. The van der Waals surface area contributed by atoms with E-state index in [4.69, 9.17) is 5.73 Å². The molecule has 1 amide bonds. The normalized spacial score (nSPS) is 21.8. The van der Waals surface area contributed by atoms with Crippen molar-refractivity contribution in [3.8, 4) is 0 Å². The third-order valence-electron chi connectivity index (χ3n) is 3.54. The first-order valence-corrected chi connectivity index (χ1v) is 6.60. The van der Waals surface area contributed by atoms with E-state index in [1.54, 1.807) is 4.90 Å². The molecule has 2 atom stereocenters. The number of hydrogen-bond acceptors (Lipinski definition) is 4. The van der Waals surface area contributed by atoms with Gasteiger partial charge in [-0.2, -0.15) is 0 Å². The third-order valence-corrected chi connectivity index (χ3v) is 3.54. The molecule has 104 valence electrons. The van der Waals surface area contributed by atoms with E-state index in [0.29, 0.717) is 6.54 Å². The van der Waals surface area contributed by atoms with Gasteiger partial charge < -0.3 is 15.4 Å². The van der Waals surface area contributed by atoms with E-state index in [1.165, 1.54) is 7.11 Å². The second-order valence-electron chi connectivity index (χ2n) is 5.23. The second-order valence-corrected chi connectivity index (χ2v) is 5.23. The number of carbonyl (C=O) groups is 2. The lowest BCUT2D eigenvalue weighted by Crippen LogP contribution is -2.52. The number of hydrogen-bond donors (Lipinski definition) is 1. The van der Waals surface area contributed by atoms with Crippen molar-refractivity contribution in [2.75, 3.05) is 13.7 Å². The number of nitrogens with zero attached hydrogens (tertiary/aromatic N) is 1. The Morgan fingerprint density at radius 1 is 1.39 bits per heavy atom. The van der Waals surface area contributed by atoms with Crippen LogP contribution in [0, 0.1) is 5.92 Å². The average molecular weight is 256 g/mol. The van der Waals surface area contributed by atoms with Gasteiger partial charge >= 0.3 is 5.97 Å². The van der Waals surface area contributed by atoms with Crippen LogP contribution in [0.25, 0.3) is 0 Å². The summed E-state index contributed by atoms with van der Waals surface area (Å²) in [6.07, 6.45) is 3.15. The van der Waals surface area contributed by atoms with Gasteiger partial charge in [0, 0.05) is 12.6 Å². The minimum atomic E-state index is -0.483. The number of ether oxygens (including phenoxy) is 1. The van der Waals surface area contributed by atoms with Crippen molar-refractivity contribution in [1.82, 2.24) is 4.90 Å². The van der Waals surface area contributed by atoms with Gasteiger partial charge in [-0.15, -0.1) is 0 Å². The van der Waals surface area contributed by atoms with Crippen LogP contribution in [-0.4, -0.2) is 42.5 Å². The zero-order chi connectivity index (χ0) is 13.7. The summed E-state index contributed by atoms with van der Waals surface area (Å²) in [5.41, 5.74) is 5.91. The Morgan fingerprint density at radius 2 is 2.06 bits per heavy atom. The van der Waals surface area contributed by atoms with Crippen LogP contribution in [0.5, 0.6) is 0 Å². The maximum Gasteiger partial charge on any atom is 0.307 e. The summed E-state index contributed by atoms with van der Waals surface area (Å²) in [6, 6.07) is -0.535. The van der Waals surface area contributed by atoms with Crippen molar-refractivity contribution in [2.24, 2.45) is 11.7 Å². The maximum absolute atomic E-state index is 12.3. The molecule has 1 unspecified atom stereocenters. The van der Waals surface area contributed by atoms with Crippen LogP contribution in [-0.2, 0) is 14.3 Å². The fraction of sp³-hybridized carbons (Fsp3) is 0.846. The Morgan fingerprint density at radius 3 is 2.61 bits per heavy atom. The predicted molar refractivity (Wildman–Crippen MR) is 68.8 cm³/mol. The SMILES string of the molecule is COC(=O)CC1CCCCN1C(=O)[C@@H](N)C(C)C. The molecule has 0 aliphatic carbocycles. The van der Waals surface area contributed by atoms with Crippen LogP contribution in [0.2, 0.25) is 0 Å². The third kappa shape index (κ3) is 3.70. The molecular weight excluding hydrogens is 232 g/mol. The van der Waals surface area contributed by atoms with Crippen LogP contribution in [0.15, 0.2) is 0 Å². The van der Waals surface area contributed by atoms with Crippen LogP contribution < -0.4 is 5.73 Å². The molecule has 0 aromatic rings. The first-order chi connectivity index (χ1) is 8.47. The lowest BCUT2D eigenvalue weighted by molar-refractivity contribution is -0.145. The average Bonchev–Trinajstić information content (AvgIpc) is 2.37. The summed E-state index contributed by atoms with van der Waals surface area (Å²) in [5.74, 6) is -0.199. The lowest BCUT2D eigenvalue weighted by atomic mass is 9.96. The fourth-order valence-electron chi connectivity index (χ4n) is 2.26. The number of methoxy groups -OCH3 is 1. The van der Waals surface area contributed by atoms with Crippen molar-refractivity contribution in [3.63, 3.8) is 0 Å². The van der Waals surface area contributed by atoms with Gasteiger partial charge in [-0.05, 0) is 25.2 Å². The highest BCUT2D eigenvalue weighted by Crippen LogP contribution is 2.21. The molecule has 1 rings (SSSR count). The molecular formula is C13H24N2O3. The van der Waals surface area contributed by atoms with Gasteiger partial charge in [-0.3, -0.25) is 9.59 Å². The molecule has 5 nitrogen and oxygen atoms in total. The summed E-state index contributed by atoms with van der Waals surface area (Å²) < 4.78 is 4.68. The highest BCUT2D eigenvalue weighted by atomic mass is 16.5. The molecule has 0 aromatic heterocycles. The van der Waals surface area contributed by atoms with Gasteiger partial charge in [-0.1, -0.05) is 13.8 Å². The number of nitrogens with two attached hydrogens (primary N) is 1. The summed E-state index contributed by atoms with van der Waals surface area (Å²) in [4.78, 5) is 25.4. The van der Waals surface area contributed by atoms with E-state index in [9.17, 15) is 9.59 Å². The zero-order valence-electron chi connectivity index (χ0n) is 11.5. The molecule has 0 radical (unpaired) electrons. The quantitative estimate of drug-likeness (QED) is 0.759. The number of amides is 1. The van der Waals surface area contributed by atoms with Crippen molar-refractivity contribution in [1.29, 1.82) is 0 Å². The van der Waals surface area contributed by atoms with E-state index in [2.05, 4.69) is 4.74 Å². The minimum absolute atomic E-state index is 0.0430. The second kappa shape index (κ2) is 6.73. The van der Waals surface area contributed by atoms with Gasteiger partial charge in [-0.25, -0.2) is 0 Å². The Kier molecular flexibility index (Phi) is 5.59. The van der Waals surface area contributed by atoms with Crippen LogP contribution in [0.3, 0.4) is 0 Å². The Bertz CT molecular complexity index is 305. The zero-order valence-corrected chi connectivity index (χ0v) is 11.5. The predicted octanol–water partition coefficient (Wildman–Crippen LogP) is 0.914. The molecule has 0 spiro atoms. The van der Waals surface area contributed by atoms with E-state index in [1.807, 2.05) is 13.8 Å². The first-order valence-electron chi connectivity index (χ1n) is 6.60. The van der Waals surface area contributed by atoms with Gasteiger partial charge in [0.15, 0.2) is 0 Å². The molecule has 0 aromatic carbocycles. The van der Waals surface area contributed by atoms with Crippen molar-refractivity contribution < 1.29 is 14.3 Å². The number of likely N-dealkylation sites (tertiary alicyclic amines) is 1. The summed E-state index contributed by atoms with van der Waals surface area (Å²) in [6.45, 7) is 4.56. The molecule has 2 N–H and O–H groups in total. The highest BCUT2D eigenvalue weighted by Gasteiger charge is 2.32. The first kappa shape index (κ1) is 15.0. The lowest BCUT2D eigenvalue weighted by Gasteiger charge is -2.37. The molecule has 0 bridgehead atoms. The smallest absolute Gasteiger partial charge is 0.307 e. The standard InChI is InChI=1S/C13H24N2O3/c1-9(2)12(14)13(17)15-7-5-4-6-10(15)8-11(16)18-3/h9-10,12H,4-8,14H2,1-3H3/t10?,12-/m0/s1. The topological polar surface area (TPSA) is 72.6 Å². The largest absolute Gasteiger partial charge is 0.469 e. The highest BCUT2D eigenvalue weighted by molar-refractivity contribution is 5.83. The number of rotatable bonds is 4. The number of piperidine rings is 1. The van der Waals surface area contributed by atoms with Crippen LogP contribution in [0.4, 0.5) is 0 Å². The maximum atomic E-state index is 12.3. The van der Waals surface area contributed by atoms with Crippen LogP contribution in [0.1, 0.15) is 39.5 Å². The summed E-state index contributed by atoms with van der Waals surface area (Å²) in [7, 11) is 1.37. The van der Waals surface area contributed by atoms with Crippen molar-refractivity contribution >= 4 is 11.9 Å². The Hall–Kier alpha value is -1.10. The van der Waals surface area contributed by atoms with Gasteiger partial charge in [0.2, 0.25) is 5.91 Å². The van der Waals surface area contributed by atoms with Crippen molar-refractivity contribution in [2.45, 2.75) is 51.6 Å². The monoisotopic (exact) mass is 256 g/mol. The van der Waals surface area contributed by atoms with E-state index < -0.39 is 6.04 Å². The summed E-state index contributed by atoms with van der Waals surface area (Å²) >= 11 is 0. The number of esters is 1. The molecule has 1 aliphatic rings. The van der Waals surface area contributed by atoms with Crippen molar-refractivity contribution in [3.05, 3.63) is 0 Å². The fourth-order valence-corrected chi connectivity index (χ4v) is 2.26.